The molecule has 0 saturated carbocycles. The molecule has 3 aliphatic heterocycles. The molecule has 3 amide bonds. The van der Waals surface area contributed by atoms with Crippen molar-refractivity contribution < 1.29 is 14.4 Å². The Labute approximate surface area is 211 Å². The van der Waals surface area contributed by atoms with E-state index in [9.17, 15) is 14.4 Å². The van der Waals surface area contributed by atoms with Gasteiger partial charge in [0.2, 0.25) is 5.91 Å². The number of rotatable bonds is 4. The molecule has 2 aromatic carbocycles. The fourth-order valence-electron chi connectivity index (χ4n) is 5.61. The number of para-hydroxylation sites is 1. The highest BCUT2D eigenvalue weighted by Crippen LogP contribution is 2.39. The average Bonchev–Trinajstić information content (AvgIpc) is 3.16. The molecule has 7 nitrogen and oxygen atoms in total. The van der Waals surface area contributed by atoms with Gasteiger partial charge in [-0.2, -0.15) is 0 Å². The highest BCUT2D eigenvalue weighted by molar-refractivity contribution is 6.31. The second kappa shape index (κ2) is 9.90. The van der Waals surface area contributed by atoms with Crippen LogP contribution in [-0.4, -0.2) is 77.4 Å². The third kappa shape index (κ3) is 4.61. The summed E-state index contributed by atoms with van der Waals surface area (Å²) in [5.41, 5.74) is 0.762. The summed E-state index contributed by atoms with van der Waals surface area (Å²) in [5.74, 6) is -0.0607. The van der Waals surface area contributed by atoms with Gasteiger partial charge in [-0.1, -0.05) is 35.9 Å². The van der Waals surface area contributed by atoms with Gasteiger partial charge in [-0.25, -0.2) is 0 Å². The smallest absolute Gasteiger partial charge is 0.253 e. The first-order chi connectivity index (χ1) is 17.0. The molecule has 3 aliphatic rings. The summed E-state index contributed by atoms with van der Waals surface area (Å²) in [4.78, 5) is 47.5. The third-order valence-electron chi connectivity index (χ3n) is 7.57. The van der Waals surface area contributed by atoms with Gasteiger partial charge in [0, 0.05) is 42.5 Å². The number of hydrogen-bond acceptors (Lipinski definition) is 4. The highest BCUT2D eigenvalue weighted by atomic mass is 35.5. The van der Waals surface area contributed by atoms with E-state index in [0.29, 0.717) is 43.2 Å². The van der Waals surface area contributed by atoms with Crippen molar-refractivity contribution in [3.05, 3.63) is 65.2 Å². The Morgan fingerprint density at radius 1 is 0.857 bits per heavy atom. The second-order valence-electron chi connectivity index (χ2n) is 9.68. The molecule has 8 heteroatoms. The summed E-state index contributed by atoms with van der Waals surface area (Å²) in [5, 5.41) is 0.527. The maximum Gasteiger partial charge on any atom is 0.253 e. The topological polar surface area (TPSA) is 64.2 Å². The molecule has 0 N–H and O–H groups in total. The van der Waals surface area contributed by atoms with Crippen LogP contribution in [-0.2, 0) is 9.59 Å². The fourth-order valence-corrected chi connectivity index (χ4v) is 5.80. The monoisotopic (exact) mass is 494 g/mol. The highest BCUT2D eigenvalue weighted by Gasteiger charge is 2.54. The molecule has 0 radical (unpaired) electrons. The molecule has 3 fully saturated rings. The zero-order valence-corrected chi connectivity index (χ0v) is 20.6. The molecule has 35 heavy (non-hydrogen) atoms. The molecule has 3 heterocycles. The summed E-state index contributed by atoms with van der Waals surface area (Å²) in [6.07, 6.45) is 4.23. The minimum absolute atomic E-state index is 0.0124. The maximum absolute atomic E-state index is 13.9. The lowest BCUT2D eigenvalue weighted by molar-refractivity contribution is -0.141. The van der Waals surface area contributed by atoms with E-state index < -0.39 is 5.54 Å². The molecule has 184 valence electrons. The first-order valence-electron chi connectivity index (χ1n) is 12.4. The molecule has 1 spiro atoms. The van der Waals surface area contributed by atoms with Crippen molar-refractivity contribution >= 4 is 35.0 Å². The SMILES string of the molecule is O=C(CN1CN(c2ccccc2)C2(CCN(C(=O)c3cccc(Cl)c3)CC2)C1=O)N1CCCCC1. The van der Waals surface area contributed by atoms with Gasteiger partial charge in [-0.05, 0) is 62.4 Å². The van der Waals surface area contributed by atoms with Crippen LogP contribution in [0.1, 0.15) is 42.5 Å². The summed E-state index contributed by atoms with van der Waals surface area (Å²) >= 11 is 6.09. The van der Waals surface area contributed by atoms with E-state index in [1.165, 1.54) is 0 Å². The van der Waals surface area contributed by atoms with Crippen molar-refractivity contribution in [1.29, 1.82) is 0 Å². The van der Waals surface area contributed by atoms with Gasteiger partial charge in [-0.15, -0.1) is 0 Å². The molecule has 2 aromatic rings. The van der Waals surface area contributed by atoms with Gasteiger partial charge in [0.25, 0.3) is 11.8 Å². The normalized spacial score (nSPS) is 20.0. The number of carbonyl (C=O) groups is 3. The first kappa shape index (κ1) is 23.7. The van der Waals surface area contributed by atoms with Crippen molar-refractivity contribution in [3.8, 4) is 0 Å². The number of likely N-dealkylation sites (tertiary alicyclic amines) is 2. The van der Waals surface area contributed by atoms with Crippen LogP contribution < -0.4 is 4.90 Å². The Bertz CT molecular complexity index is 1090. The largest absolute Gasteiger partial charge is 0.341 e. The van der Waals surface area contributed by atoms with Crippen LogP contribution in [0.15, 0.2) is 54.6 Å². The number of nitrogens with zero attached hydrogens (tertiary/aromatic N) is 4. The minimum atomic E-state index is -0.755. The standard InChI is InChI=1S/C27H31ClN4O3/c28-22-9-7-8-21(18-22)25(34)30-16-12-27(13-17-30)26(35)31(19-24(33)29-14-5-2-6-15-29)20-32(27)23-10-3-1-4-11-23/h1,3-4,7-11,18H,2,5-6,12-17,19-20H2. The lowest BCUT2D eigenvalue weighted by Crippen LogP contribution is -2.57. The molecular weight excluding hydrogens is 464 g/mol. The third-order valence-corrected chi connectivity index (χ3v) is 7.80. The van der Waals surface area contributed by atoms with Gasteiger partial charge in [0.05, 0.1) is 6.67 Å². The van der Waals surface area contributed by atoms with E-state index in [0.717, 1.165) is 38.0 Å². The van der Waals surface area contributed by atoms with E-state index >= 15 is 0 Å². The maximum atomic E-state index is 13.9. The average molecular weight is 495 g/mol. The minimum Gasteiger partial charge on any atom is -0.341 e. The van der Waals surface area contributed by atoms with E-state index in [4.69, 9.17) is 11.6 Å². The number of benzene rings is 2. The molecule has 0 aromatic heterocycles. The van der Waals surface area contributed by atoms with E-state index in [2.05, 4.69) is 4.90 Å². The van der Waals surface area contributed by atoms with E-state index in [-0.39, 0.29) is 24.3 Å². The van der Waals surface area contributed by atoms with Crippen molar-refractivity contribution in [1.82, 2.24) is 14.7 Å². The Morgan fingerprint density at radius 2 is 1.57 bits per heavy atom. The van der Waals surface area contributed by atoms with E-state index in [1.807, 2.05) is 35.2 Å². The summed E-state index contributed by atoms with van der Waals surface area (Å²) in [6, 6.07) is 16.9. The van der Waals surface area contributed by atoms with Crippen LogP contribution >= 0.6 is 11.6 Å². The molecule has 0 atom stereocenters. The van der Waals surface area contributed by atoms with Crippen LogP contribution in [0.3, 0.4) is 0 Å². The van der Waals surface area contributed by atoms with Crippen molar-refractivity contribution in [2.75, 3.05) is 44.3 Å². The molecule has 0 unspecified atom stereocenters. The predicted molar refractivity (Wildman–Crippen MR) is 135 cm³/mol. The molecular formula is C27H31ClN4O3. The quantitative estimate of drug-likeness (QED) is 0.651. The number of anilines is 1. The Morgan fingerprint density at radius 3 is 2.26 bits per heavy atom. The van der Waals surface area contributed by atoms with Crippen molar-refractivity contribution in [2.45, 2.75) is 37.6 Å². The molecule has 3 saturated heterocycles. The first-order valence-corrected chi connectivity index (χ1v) is 12.8. The Balaban J connectivity index is 1.35. The van der Waals surface area contributed by atoms with Crippen LogP contribution in [0, 0.1) is 0 Å². The molecule has 0 bridgehead atoms. The zero-order valence-electron chi connectivity index (χ0n) is 19.9. The zero-order chi connectivity index (χ0) is 24.4. The second-order valence-corrected chi connectivity index (χ2v) is 10.1. The Hall–Kier alpha value is -3.06. The lowest BCUT2D eigenvalue weighted by atomic mass is 9.85. The van der Waals surface area contributed by atoms with Crippen molar-refractivity contribution in [3.63, 3.8) is 0 Å². The van der Waals surface area contributed by atoms with Crippen molar-refractivity contribution in [2.24, 2.45) is 0 Å². The van der Waals surface area contributed by atoms with Crippen LogP contribution in [0.2, 0.25) is 5.02 Å². The van der Waals surface area contributed by atoms with Gasteiger partial charge in [-0.3, -0.25) is 14.4 Å². The fraction of sp³-hybridized carbons (Fsp3) is 0.444. The lowest BCUT2D eigenvalue weighted by Gasteiger charge is -2.43. The summed E-state index contributed by atoms with van der Waals surface area (Å²) < 4.78 is 0. The van der Waals surface area contributed by atoms with Gasteiger partial charge < -0.3 is 19.6 Å². The van der Waals surface area contributed by atoms with Gasteiger partial charge >= 0.3 is 0 Å². The van der Waals surface area contributed by atoms with Crippen LogP contribution in [0.5, 0.6) is 0 Å². The summed E-state index contributed by atoms with van der Waals surface area (Å²) in [7, 11) is 0. The van der Waals surface area contributed by atoms with Crippen LogP contribution in [0.4, 0.5) is 5.69 Å². The van der Waals surface area contributed by atoms with Gasteiger partial charge in [0.15, 0.2) is 0 Å². The Kier molecular flexibility index (Phi) is 6.69. The molecule has 0 aliphatic carbocycles. The number of amides is 3. The number of hydrogen-bond donors (Lipinski definition) is 0. The van der Waals surface area contributed by atoms with Crippen LogP contribution in [0.25, 0.3) is 0 Å². The van der Waals surface area contributed by atoms with Gasteiger partial charge in [0.1, 0.15) is 12.1 Å². The number of piperidine rings is 2. The summed E-state index contributed by atoms with van der Waals surface area (Å²) in [6.45, 7) is 2.96. The van der Waals surface area contributed by atoms with E-state index in [1.54, 1.807) is 34.1 Å². The number of carbonyl (C=O) groups excluding carboxylic acids is 3. The molecule has 5 rings (SSSR count). The number of halogens is 1. The predicted octanol–water partition coefficient (Wildman–Crippen LogP) is 3.63.